The van der Waals surface area contributed by atoms with Gasteiger partial charge in [0.05, 0.1) is 10.2 Å². The normalized spacial score (nSPS) is 21.3. The zero-order valence-electron chi connectivity index (χ0n) is 8.07. The standard InChI is InChI=1S/C11H10FNOS/c12-7-3-4-8-10(6-7)15-11(13-8)9-2-1-5-14-9/h3-4,6,9H,1-2,5H2. The van der Waals surface area contributed by atoms with Crippen molar-refractivity contribution in [3.05, 3.63) is 29.0 Å². The van der Waals surface area contributed by atoms with Crippen molar-refractivity contribution in [3.63, 3.8) is 0 Å². The van der Waals surface area contributed by atoms with Crippen LogP contribution in [0.15, 0.2) is 18.2 Å². The number of ether oxygens (including phenoxy) is 1. The number of halogens is 1. The van der Waals surface area contributed by atoms with E-state index in [-0.39, 0.29) is 11.9 Å². The Kier molecular flexibility index (Phi) is 2.18. The Hall–Kier alpha value is -1.00. The third-order valence-corrected chi connectivity index (χ3v) is 3.68. The molecule has 1 atom stereocenters. The van der Waals surface area contributed by atoms with E-state index in [0.29, 0.717) is 0 Å². The molecule has 1 aliphatic heterocycles. The fourth-order valence-electron chi connectivity index (χ4n) is 1.83. The molecule has 2 nitrogen and oxygen atoms in total. The summed E-state index contributed by atoms with van der Waals surface area (Å²) in [7, 11) is 0. The van der Waals surface area contributed by atoms with Crippen LogP contribution in [0.2, 0.25) is 0 Å². The molecule has 0 N–H and O–H groups in total. The third kappa shape index (κ3) is 1.64. The van der Waals surface area contributed by atoms with Crippen molar-refractivity contribution < 1.29 is 9.13 Å². The summed E-state index contributed by atoms with van der Waals surface area (Å²) in [6.07, 6.45) is 2.25. The van der Waals surface area contributed by atoms with E-state index in [0.717, 1.165) is 34.7 Å². The lowest BCUT2D eigenvalue weighted by atomic mass is 10.2. The second-order valence-corrected chi connectivity index (χ2v) is 4.73. The molecule has 4 heteroatoms. The van der Waals surface area contributed by atoms with E-state index >= 15 is 0 Å². The maximum atomic E-state index is 13.0. The van der Waals surface area contributed by atoms with E-state index in [1.807, 2.05) is 0 Å². The van der Waals surface area contributed by atoms with E-state index in [4.69, 9.17) is 4.74 Å². The minimum absolute atomic E-state index is 0.130. The van der Waals surface area contributed by atoms with E-state index in [1.165, 1.54) is 23.5 Å². The molecule has 1 aromatic heterocycles. The van der Waals surface area contributed by atoms with Gasteiger partial charge in [0.2, 0.25) is 0 Å². The molecule has 0 aliphatic carbocycles. The Balaban J connectivity index is 2.05. The predicted molar refractivity (Wildman–Crippen MR) is 57.5 cm³/mol. The second kappa shape index (κ2) is 3.54. The Bertz CT molecular complexity index is 490. The Labute approximate surface area is 90.7 Å². The van der Waals surface area contributed by atoms with E-state index < -0.39 is 0 Å². The van der Waals surface area contributed by atoms with Gasteiger partial charge in [0.25, 0.3) is 0 Å². The van der Waals surface area contributed by atoms with E-state index in [1.54, 1.807) is 6.07 Å². The van der Waals surface area contributed by atoms with Gasteiger partial charge in [-0.1, -0.05) is 0 Å². The van der Waals surface area contributed by atoms with Gasteiger partial charge in [0, 0.05) is 6.61 Å². The Morgan fingerprint density at radius 2 is 2.40 bits per heavy atom. The first kappa shape index (κ1) is 9.24. The lowest BCUT2D eigenvalue weighted by molar-refractivity contribution is 0.112. The Morgan fingerprint density at radius 1 is 1.47 bits per heavy atom. The molecular formula is C11H10FNOS. The molecule has 78 valence electrons. The number of benzene rings is 1. The number of thiazole rings is 1. The van der Waals surface area contributed by atoms with Crippen LogP contribution in [0, 0.1) is 5.82 Å². The van der Waals surface area contributed by atoms with Crippen molar-refractivity contribution in [1.82, 2.24) is 4.98 Å². The SMILES string of the molecule is Fc1ccc2nc(C3CCCO3)sc2c1. The molecule has 0 spiro atoms. The highest BCUT2D eigenvalue weighted by Crippen LogP contribution is 2.34. The highest BCUT2D eigenvalue weighted by Gasteiger charge is 2.21. The molecule has 1 fully saturated rings. The summed E-state index contributed by atoms with van der Waals surface area (Å²) in [5.41, 5.74) is 0.868. The largest absolute Gasteiger partial charge is 0.371 e. The van der Waals surface area contributed by atoms with Gasteiger partial charge in [-0.05, 0) is 31.0 Å². The zero-order chi connectivity index (χ0) is 10.3. The van der Waals surface area contributed by atoms with Crippen molar-refractivity contribution in [2.24, 2.45) is 0 Å². The fourth-order valence-corrected chi connectivity index (χ4v) is 2.90. The number of hydrogen-bond donors (Lipinski definition) is 0. The molecule has 1 aliphatic rings. The number of rotatable bonds is 1. The average molecular weight is 223 g/mol. The first-order valence-electron chi connectivity index (χ1n) is 5.00. The molecule has 0 saturated carbocycles. The minimum atomic E-state index is -0.204. The third-order valence-electron chi connectivity index (χ3n) is 2.57. The van der Waals surface area contributed by atoms with Crippen LogP contribution in [-0.4, -0.2) is 11.6 Å². The lowest BCUT2D eigenvalue weighted by Gasteiger charge is -2.02. The molecule has 2 heterocycles. The number of nitrogens with zero attached hydrogens (tertiary/aromatic N) is 1. The second-order valence-electron chi connectivity index (χ2n) is 3.67. The smallest absolute Gasteiger partial charge is 0.124 e. The van der Waals surface area contributed by atoms with Crippen LogP contribution in [0.1, 0.15) is 24.0 Å². The van der Waals surface area contributed by atoms with Crippen molar-refractivity contribution >= 4 is 21.6 Å². The van der Waals surface area contributed by atoms with Crippen LogP contribution in [0.5, 0.6) is 0 Å². The summed E-state index contributed by atoms with van der Waals surface area (Å²) in [5, 5.41) is 0.980. The van der Waals surface area contributed by atoms with Crippen LogP contribution >= 0.6 is 11.3 Å². The number of fused-ring (bicyclic) bond motifs is 1. The van der Waals surface area contributed by atoms with E-state index in [9.17, 15) is 4.39 Å². The molecule has 1 unspecified atom stereocenters. The quantitative estimate of drug-likeness (QED) is 0.740. The molecule has 0 radical (unpaired) electrons. The van der Waals surface area contributed by atoms with Gasteiger partial charge in [-0.2, -0.15) is 0 Å². The fraction of sp³-hybridized carbons (Fsp3) is 0.364. The molecule has 0 amide bonds. The van der Waals surface area contributed by atoms with Gasteiger partial charge < -0.3 is 4.74 Å². The first-order chi connectivity index (χ1) is 7.33. The topological polar surface area (TPSA) is 22.1 Å². The van der Waals surface area contributed by atoms with Gasteiger partial charge in [0.15, 0.2) is 0 Å². The summed E-state index contributed by atoms with van der Waals surface area (Å²) in [6, 6.07) is 4.70. The van der Waals surface area contributed by atoms with Crippen LogP contribution < -0.4 is 0 Å². The van der Waals surface area contributed by atoms with Crippen LogP contribution in [0.3, 0.4) is 0 Å². The summed E-state index contributed by atoms with van der Waals surface area (Å²) in [5.74, 6) is -0.204. The van der Waals surface area contributed by atoms with Gasteiger partial charge in [-0.3, -0.25) is 0 Å². The first-order valence-corrected chi connectivity index (χ1v) is 5.82. The predicted octanol–water partition coefficient (Wildman–Crippen LogP) is 3.29. The van der Waals surface area contributed by atoms with Crippen molar-refractivity contribution in [3.8, 4) is 0 Å². The summed E-state index contributed by atoms with van der Waals surface area (Å²) in [4.78, 5) is 4.46. The summed E-state index contributed by atoms with van der Waals surface area (Å²) >= 11 is 1.53. The maximum absolute atomic E-state index is 13.0. The molecule has 3 rings (SSSR count). The zero-order valence-corrected chi connectivity index (χ0v) is 8.89. The molecule has 1 saturated heterocycles. The van der Waals surface area contributed by atoms with Gasteiger partial charge >= 0.3 is 0 Å². The van der Waals surface area contributed by atoms with Crippen molar-refractivity contribution in [1.29, 1.82) is 0 Å². The van der Waals surface area contributed by atoms with Crippen LogP contribution in [0.25, 0.3) is 10.2 Å². The molecule has 1 aromatic carbocycles. The van der Waals surface area contributed by atoms with Gasteiger partial charge in [-0.15, -0.1) is 11.3 Å². The van der Waals surface area contributed by atoms with Gasteiger partial charge in [-0.25, -0.2) is 9.37 Å². The van der Waals surface area contributed by atoms with Gasteiger partial charge in [0.1, 0.15) is 16.9 Å². The van der Waals surface area contributed by atoms with Crippen LogP contribution in [0.4, 0.5) is 4.39 Å². The van der Waals surface area contributed by atoms with E-state index in [2.05, 4.69) is 4.98 Å². The molecule has 0 bridgehead atoms. The summed E-state index contributed by atoms with van der Waals surface area (Å²) < 4.78 is 19.4. The lowest BCUT2D eigenvalue weighted by Crippen LogP contribution is -1.93. The minimum Gasteiger partial charge on any atom is -0.371 e. The Morgan fingerprint density at radius 3 is 3.20 bits per heavy atom. The highest BCUT2D eigenvalue weighted by atomic mass is 32.1. The number of hydrogen-bond acceptors (Lipinski definition) is 3. The maximum Gasteiger partial charge on any atom is 0.124 e. The summed E-state index contributed by atoms with van der Waals surface area (Å²) in [6.45, 7) is 0.814. The van der Waals surface area contributed by atoms with Crippen LogP contribution in [-0.2, 0) is 4.74 Å². The molecule has 2 aromatic rings. The average Bonchev–Trinajstić information content (AvgIpc) is 2.84. The molecule has 15 heavy (non-hydrogen) atoms. The number of aromatic nitrogens is 1. The van der Waals surface area contributed by atoms with Crippen molar-refractivity contribution in [2.45, 2.75) is 18.9 Å². The monoisotopic (exact) mass is 223 g/mol. The molecular weight excluding hydrogens is 213 g/mol. The van der Waals surface area contributed by atoms with Crippen molar-refractivity contribution in [2.75, 3.05) is 6.61 Å². The highest BCUT2D eigenvalue weighted by molar-refractivity contribution is 7.18.